The van der Waals surface area contributed by atoms with E-state index < -0.39 is 30.1 Å². The number of aryl methyl sites for hydroxylation is 1. The van der Waals surface area contributed by atoms with E-state index in [0.717, 1.165) is 11.6 Å². The van der Waals surface area contributed by atoms with Crippen molar-refractivity contribution in [1.29, 1.82) is 5.26 Å². The molecule has 35 heavy (non-hydrogen) atoms. The molecule has 1 atom stereocenters. The molecule has 3 heterocycles. The van der Waals surface area contributed by atoms with Gasteiger partial charge in [-0.25, -0.2) is 8.78 Å². The molecule has 0 fully saturated rings. The number of fused-ring (bicyclic) bond motifs is 1. The van der Waals surface area contributed by atoms with Gasteiger partial charge in [0, 0.05) is 41.7 Å². The van der Waals surface area contributed by atoms with Crippen molar-refractivity contribution in [3.8, 4) is 17.2 Å². The van der Waals surface area contributed by atoms with Gasteiger partial charge in [0.2, 0.25) is 5.91 Å². The van der Waals surface area contributed by atoms with E-state index in [1.165, 1.54) is 27.1 Å². The number of hydrogen-bond acceptors (Lipinski definition) is 4. The lowest BCUT2D eigenvalue weighted by Crippen LogP contribution is -2.37. The van der Waals surface area contributed by atoms with E-state index in [1.807, 2.05) is 0 Å². The molecule has 5 nitrogen and oxygen atoms in total. The Labute approximate surface area is 201 Å². The van der Waals surface area contributed by atoms with Crippen molar-refractivity contribution >= 4 is 17.2 Å². The predicted molar refractivity (Wildman–Crippen MR) is 120 cm³/mol. The van der Waals surface area contributed by atoms with Crippen molar-refractivity contribution in [3.05, 3.63) is 75.3 Å². The molecule has 0 spiro atoms. The summed E-state index contributed by atoms with van der Waals surface area (Å²) in [5, 5.41) is 13.1. The lowest BCUT2D eigenvalue weighted by atomic mass is 9.83. The Morgan fingerprint density at radius 2 is 2.03 bits per heavy atom. The Kier molecular flexibility index (Phi) is 6.76. The average molecular weight is 507 g/mol. The standard InChI is InChI=1S/C24H19F5N4OS/c1-2-33-12-19(23(31-33)24(27,28)29)16-6-4-3-5-15(16)18-11-32(22(34)8-7-21(25)26)13-20-17(18)9-14(10-30)35-20/h3-9,12,18,21H,2,11,13H2,1H3/b8-7+/t18-/m0/s1. The minimum Gasteiger partial charge on any atom is -0.333 e. The fraction of sp³-hybridized carbons (Fsp3) is 0.292. The second-order valence-electron chi connectivity index (χ2n) is 7.90. The summed E-state index contributed by atoms with van der Waals surface area (Å²) in [7, 11) is 0. The summed E-state index contributed by atoms with van der Waals surface area (Å²) in [6, 6.07) is 10.3. The number of thiophene rings is 1. The maximum Gasteiger partial charge on any atom is 0.435 e. The molecule has 0 radical (unpaired) electrons. The van der Waals surface area contributed by atoms with Gasteiger partial charge in [0.05, 0.1) is 6.54 Å². The van der Waals surface area contributed by atoms with E-state index in [2.05, 4.69) is 11.2 Å². The van der Waals surface area contributed by atoms with Crippen molar-refractivity contribution in [2.24, 2.45) is 0 Å². The van der Waals surface area contributed by atoms with E-state index in [0.29, 0.717) is 27.0 Å². The molecule has 2 aromatic heterocycles. The molecule has 0 aliphatic carbocycles. The zero-order valence-corrected chi connectivity index (χ0v) is 19.2. The molecule has 0 N–H and O–H groups in total. The number of rotatable bonds is 5. The lowest BCUT2D eigenvalue weighted by Gasteiger charge is -2.33. The molecule has 0 saturated carbocycles. The molecule has 1 aliphatic rings. The zero-order chi connectivity index (χ0) is 25.3. The molecule has 1 amide bonds. The first kappa shape index (κ1) is 24.6. The first-order valence-electron chi connectivity index (χ1n) is 10.6. The highest BCUT2D eigenvalue weighted by Crippen LogP contribution is 2.44. The van der Waals surface area contributed by atoms with Crippen LogP contribution in [-0.2, 0) is 24.1 Å². The number of halogens is 5. The first-order valence-corrected chi connectivity index (χ1v) is 11.5. The van der Waals surface area contributed by atoms with Gasteiger partial charge in [0.15, 0.2) is 5.69 Å². The topological polar surface area (TPSA) is 61.9 Å². The fourth-order valence-electron chi connectivity index (χ4n) is 4.20. The van der Waals surface area contributed by atoms with E-state index in [1.54, 1.807) is 37.3 Å². The Morgan fingerprint density at radius 3 is 2.69 bits per heavy atom. The average Bonchev–Trinajstić information content (AvgIpc) is 3.46. The van der Waals surface area contributed by atoms with Crippen LogP contribution in [0, 0.1) is 11.3 Å². The summed E-state index contributed by atoms with van der Waals surface area (Å²) in [5.74, 6) is -1.21. The Hall–Kier alpha value is -3.52. The van der Waals surface area contributed by atoms with Crippen molar-refractivity contribution < 1.29 is 26.7 Å². The van der Waals surface area contributed by atoms with Gasteiger partial charge in [-0.2, -0.15) is 23.5 Å². The second kappa shape index (κ2) is 9.62. The lowest BCUT2D eigenvalue weighted by molar-refractivity contribution is -0.141. The number of carbonyl (C=O) groups is 1. The van der Waals surface area contributed by atoms with Crippen molar-refractivity contribution in [1.82, 2.24) is 14.7 Å². The summed E-state index contributed by atoms with van der Waals surface area (Å²) in [4.78, 5) is 15.1. The normalized spacial score (nSPS) is 16.1. The molecule has 0 unspecified atom stereocenters. The van der Waals surface area contributed by atoms with E-state index >= 15 is 0 Å². The summed E-state index contributed by atoms with van der Waals surface area (Å²) < 4.78 is 67.9. The van der Waals surface area contributed by atoms with Gasteiger partial charge < -0.3 is 4.90 Å². The third-order valence-electron chi connectivity index (χ3n) is 5.74. The quantitative estimate of drug-likeness (QED) is 0.324. The highest BCUT2D eigenvalue weighted by atomic mass is 32.1. The minimum absolute atomic E-state index is 0.0568. The van der Waals surface area contributed by atoms with E-state index in [9.17, 15) is 32.0 Å². The highest BCUT2D eigenvalue weighted by Gasteiger charge is 2.39. The van der Waals surface area contributed by atoms with Crippen LogP contribution in [0.4, 0.5) is 22.0 Å². The number of nitriles is 1. The molecule has 0 saturated heterocycles. The van der Waals surface area contributed by atoms with Crippen LogP contribution in [0.1, 0.15) is 39.4 Å². The molecule has 3 aromatic rings. The van der Waals surface area contributed by atoms with Crippen LogP contribution in [0.5, 0.6) is 0 Å². The van der Waals surface area contributed by atoms with E-state index in [-0.39, 0.29) is 25.2 Å². The number of amides is 1. The fourth-order valence-corrected chi connectivity index (χ4v) is 5.24. The van der Waals surface area contributed by atoms with Crippen LogP contribution in [0.2, 0.25) is 0 Å². The summed E-state index contributed by atoms with van der Waals surface area (Å²) >= 11 is 1.17. The van der Waals surface area contributed by atoms with Crippen molar-refractivity contribution in [3.63, 3.8) is 0 Å². The van der Waals surface area contributed by atoms with Gasteiger partial charge >= 0.3 is 6.18 Å². The summed E-state index contributed by atoms with van der Waals surface area (Å²) in [5.41, 5.74) is 0.453. The number of nitrogens with zero attached hydrogens (tertiary/aromatic N) is 4. The maximum absolute atomic E-state index is 13.8. The molecule has 182 valence electrons. The highest BCUT2D eigenvalue weighted by molar-refractivity contribution is 7.12. The largest absolute Gasteiger partial charge is 0.435 e. The zero-order valence-electron chi connectivity index (χ0n) is 18.4. The predicted octanol–water partition coefficient (Wildman–Crippen LogP) is 5.82. The molecule has 1 aromatic carbocycles. The minimum atomic E-state index is -4.68. The van der Waals surface area contributed by atoms with Crippen LogP contribution in [0.25, 0.3) is 11.1 Å². The first-order chi connectivity index (χ1) is 16.6. The molecule has 11 heteroatoms. The number of hydrogen-bond donors (Lipinski definition) is 0. The number of allylic oxidation sites excluding steroid dienone is 1. The number of aromatic nitrogens is 2. The molecule has 0 bridgehead atoms. The van der Waals surface area contributed by atoms with Crippen LogP contribution in [0.3, 0.4) is 0 Å². The van der Waals surface area contributed by atoms with Crippen molar-refractivity contribution in [2.75, 3.05) is 6.54 Å². The van der Waals surface area contributed by atoms with Crippen LogP contribution >= 0.6 is 11.3 Å². The second-order valence-corrected chi connectivity index (χ2v) is 9.03. The summed E-state index contributed by atoms with van der Waals surface area (Å²) in [6.07, 6.45) is -4.85. The number of alkyl halides is 5. The third-order valence-corrected chi connectivity index (χ3v) is 6.78. The maximum atomic E-state index is 13.8. The van der Waals surface area contributed by atoms with Gasteiger partial charge in [-0.3, -0.25) is 9.48 Å². The van der Waals surface area contributed by atoms with Crippen molar-refractivity contribution in [2.45, 2.75) is 38.5 Å². The Bertz CT molecular complexity index is 1320. The van der Waals surface area contributed by atoms with Crippen LogP contribution in [0.15, 0.2) is 48.7 Å². The smallest absolute Gasteiger partial charge is 0.333 e. The molecule has 1 aliphatic heterocycles. The molecular weight excluding hydrogens is 487 g/mol. The number of carbonyl (C=O) groups excluding carboxylic acids is 1. The van der Waals surface area contributed by atoms with Gasteiger partial charge in [0.1, 0.15) is 10.9 Å². The monoisotopic (exact) mass is 506 g/mol. The van der Waals surface area contributed by atoms with Crippen LogP contribution in [-0.4, -0.2) is 33.6 Å². The van der Waals surface area contributed by atoms with E-state index in [4.69, 9.17) is 0 Å². The van der Waals surface area contributed by atoms with Gasteiger partial charge in [0.25, 0.3) is 6.43 Å². The van der Waals surface area contributed by atoms with Crippen LogP contribution < -0.4 is 0 Å². The Morgan fingerprint density at radius 1 is 1.29 bits per heavy atom. The SMILES string of the molecule is CCn1cc(-c2ccccc2[C@@H]2CN(C(=O)/C=C/C(F)F)Cc3sc(C#N)cc32)c(C(F)(F)F)n1. The molecule has 4 rings (SSSR count). The number of benzene rings is 1. The van der Waals surface area contributed by atoms with Gasteiger partial charge in [-0.15, -0.1) is 11.3 Å². The van der Waals surface area contributed by atoms with Gasteiger partial charge in [-0.05, 0) is 35.8 Å². The molecular formula is C24H19F5N4OS. The summed E-state index contributed by atoms with van der Waals surface area (Å²) in [6.45, 7) is 2.10. The third kappa shape index (κ3) is 4.98. The van der Waals surface area contributed by atoms with Gasteiger partial charge in [-0.1, -0.05) is 24.3 Å². The Balaban J connectivity index is 1.85.